The second kappa shape index (κ2) is 4.45. The Hall–Kier alpha value is -1.04. The van der Waals surface area contributed by atoms with E-state index in [0.29, 0.717) is 0 Å². The first-order valence-corrected chi connectivity index (χ1v) is 8.32. The average molecular weight is 204 g/mol. The van der Waals surface area contributed by atoms with E-state index in [1.807, 2.05) is 30.3 Å². The van der Waals surface area contributed by atoms with Crippen LogP contribution in [0.1, 0.15) is 5.56 Å². The van der Waals surface area contributed by atoms with Crippen LogP contribution in [0, 0.1) is 11.8 Å². The Morgan fingerprint density at radius 3 is 2.21 bits per heavy atom. The van der Waals surface area contributed by atoms with Gasteiger partial charge in [0.05, 0.1) is 8.07 Å². The topological polar surface area (TPSA) is 20.2 Å². The lowest BCUT2D eigenvalue weighted by Crippen LogP contribution is -2.36. The number of rotatable bonds is 1. The minimum Gasteiger partial charge on any atom is -0.384 e. The molecule has 74 valence electrons. The van der Waals surface area contributed by atoms with Gasteiger partial charge in [-0.1, -0.05) is 49.7 Å². The summed E-state index contributed by atoms with van der Waals surface area (Å²) >= 11 is 0. The molecule has 0 heterocycles. The number of aliphatic hydroxyl groups is 1. The molecule has 0 amide bonds. The Morgan fingerprint density at radius 1 is 1.14 bits per heavy atom. The fourth-order valence-corrected chi connectivity index (χ4v) is 1.39. The third-order valence-corrected chi connectivity index (χ3v) is 3.73. The van der Waals surface area contributed by atoms with Gasteiger partial charge in [0, 0.05) is 5.56 Å². The number of hydrogen-bond donors (Lipinski definition) is 1. The van der Waals surface area contributed by atoms with Crippen molar-refractivity contribution in [3.63, 3.8) is 0 Å². The van der Waals surface area contributed by atoms with Gasteiger partial charge in [0.15, 0.2) is 0 Å². The van der Waals surface area contributed by atoms with Gasteiger partial charge in [-0.2, -0.15) is 0 Å². The molecular weight excluding hydrogens is 188 g/mol. The molecule has 14 heavy (non-hydrogen) atoms. The predicted molar refractivity (Wildman–Crippen MR) is 62.7 cm³/mol. The first-order chi connectivity index (χ1) is 6.50. The summed E-state index contributed by atoms with van der Waals surface area (Å²) in [6, 6.07) is 9.75. The zero-order valence-electron chi connectivity index (χ0n) is 8.91. The van der Waals surface area contributed by atoms with Gasteiger partial charge >= 0.3 is 0 Å². The highest BCUT2D eigenvalue weighted by Crippen LogP contribution is 2.06. The van der Waals surface area contributed by atoms with Gasteiger partial charge in [0.2, 0.25) is 0 Å². The Morgan fingerprint density at radius 2 is 1.71 bits per heavy atom. The van der Waals surface area contributed by atoms with Crippen molar-refractivity contribution in [1.29, 1.82) is 0 Å². The second-order valence-corrected chi connectivity index (χ2v) is 9.68. The molecule has 1 atom stereocenters. The minimum atomic E-state index is -1.53. The highest BCUT2D eigenvalue weighted by atomic mass is 28.3. The van der Waals surface area contributed by atoms with Crippen molar-refractivity contribution in [3.05, 3.63) is 35.9 Å². The van der Waals surface area contributed by atoms with Gasteiger partial charge in [-0.05, 0) is 12.1 Å². The molecule has 1 aromatic rings. The monoisotopic (exact) mass is 204 g/mol. The zero-order valence-corrected chi connectivity index (χ0v) is 9.91. The molecule has 0 aromatic heterocycles. The summed E-state index contributed by atoms with van der Waals surface area (Å²) in [5, 5.41) is 9.74. The summed E-state index contributed by atoms with van der Waals surface area (Å²) in [7, 11) is -1.53. The summed E-state index contributed by atoms with van der Waals surface area (Å²) in [5.74, 6) is 5.89. The quantitative estimate of drug-likeness (QED) is 0.549. The van der Waals surface area contributed by atoms with Crippen LogP contribution in [0.3, 0.4) is 0 Å². The van der Waals surface area contributed by atoms with Crippen LogP contribution in [-0.4, -0.2) is 18.9 Å². The van der Waals surface area contributed by atoms with E-state index in [-0.39, 0.29) is 0 Å². The number of hydrogen-bond acceptors (Lipinski definition) is 1. The molecule has 0 aliphatic carbocycles. The van der Waals surface area contributed by atoms with Crippen molar-refractivity contribution in [3.8, 4) is 11.8 Å². The van der Waals surface area contributed by atoms with Gasteiger partial charge in [-0.3, -0.25) is 0 Å². The van der Waals surface area contributed by atoms with Crippen LogP contribution in [-0.2, 0) is 0 Å². The number of benzene rings is 1. The molecule has 1 aromatic carbocycles. The number of aliphatic hydroxyl groups excluding tert-OH is 1. The molecule has 0 spiro atoms. The van der Waals surface area contributed by atoms with Crippen LogP contribution < -0.4 is 0 Å². The highest BCUT2D eigenvalue weighted by Gasteiger charge is 2.22. The van der Waals surface area contributed by atoms with Gasteiger partial charge in [0.1, 0.15) is 5.73 Å². The van der Waals surface area contributed by atoms with Crippen LogP contribution in [0.2, 0.25) is 19.6 Å². The summed E-state index contributed by atoms with van der Waals surface area (Å²) in [6.07, 6.45) is 0. The van der Waals surface area contributed by atoms with Gasteiger partial charge in [-0.25, -0.2) is 0 Å². The maximum Gasteiger partial charge on any atom is 0.102 e. The Kier molecular flexibility index (Phi) is 3.51. The Bertz CT molecular complexity index is 340. The first-order valence-electron chi connectivity index (χ1n) is 4.75. The van der Waals surface area contributed by atoms with Crippen molar-refractivity contribution >= 4 is 8.07 Å². The van der Waals surface area contributed by atoms with Crippen molar-refractivity contribution in [2.75, 3.05) is 0 Å². The van der Waals surface area contributed by atoms with Crippen LogP contribution in [0.15, 0.2) is 30.3 Å². The van der Waals surface area contributed by atoms with Gasteiger partial charge < -0.3 is 5.11 Å². The van der Waals surface area contributed by atoms with E-state index in [1.165, 1.54) is 0 Å². The van der Waals surface area contributed by atoms with Crippen molar-refractivity contribution in [2.24, 2.45) is 0 Å². The van der Waals surface area contributed by atoms with Crippen LogP contribution in [0.25, 0.3) is 0 Å². The third kappa shape index (κ3) is 3.37. The van der Waals surface area contributed by atoms with Crippen molar-refractivity contribution in [1.82, 2.24) is 0 Å². The molecule has 0 fully saturated rings. The van der Waals surface area contributed by atoms with E-state index in [1.54, 1.807) is 0 Å². The molecule has 0 saturated carbocycles. The van der Waals surface area contributed by atoms with Crippen molar-refractivity contribution in [2.45, 2.75) is 25.4 Å². The smallest absolute Gasteiger partial charge is 0.102 e. The molecule has 2 heteroatoms. The summed E-state index contributed by atoms with van der Waals surface area (Å²) in [4.78, 5) is 0. The molecule has 0 bridgehead atoms. The Balaban J connectivity index is 2.74. The molecule has 0 aliphatic heterocycles. The van der Waals surface area contributed by atoms with Crippen LogP contribution in [0.5, 0.6) is 0 Å². The molecule has 0 aliphatic rings. The largest absolute Gasteiger partial charge is 0.384 e. The van der Waals surface area contributed by atoms with E-state index in [0.717, 1.165) is 5.56 Å². The standard InChI is InChI=1S/C12H16OSi/c1-14(2,3)12(13)10-9-11-7-5-4-6-8-11/h4-8,12-13H,1-3H3. The fraction of sp³-hybridized carbons (Fsp3) is 0.333. The fourth-order valence-electron chi connectivity index (χ4n) is 0.890. The van der Waals surface area contributed by atoms with E-state index >= 15 is 0 Å². The summed E-state index contributed by atoms with van der Waals surface area (Å²) < 4.78 is 0. The van der Waals surface area contributed by atoms with E-state index in [9.17, 15) is 5.11 Å². The molecule has 1 rings (SSSR count). The van der Waals surface area contributed by atoms with E-state index < -0.39 is 13.8 Å². The normalized spacial score (nSPS) is 12.9. The average Bonchev–Trinajstić information content (AvgIpc) is 2.14. The Labute approximate surface area is 86.8 Å². The molecule has 1 N–H and O–H groups in total. The van der Waals surface area contributed by atoms with Gasteiger partial charge in [-0.15, -0.1) is 0 Å². The maximum absolute atomic E-state index is 9.74. The predicted octanol–water partition coefficient (Wildman–Crippen LogP) is 2.28. The lowest BCUT2D eigenvalue weighted by molar-refractivity contribution is 0.300. The molecular formula is C12H16OSi. The van der Waals surface area contributed by atoms with Crippen molar-refractivity contribution < 1.29 is 5.11 Å². The van der Waals surface area contributed by atoms with E-state index in [4.69, 9.17) is 0 Å². The second-order valence-electron chi connectivity index (χ2n) is 4.40. The highest BCUT2D eigenvalue weighted by molar-refractivity contribution is 6.78. The van der Waals surface area contributed by atoms with Gasteiger partial charge in [0.25, 0.3) is 0 Å². The minimum absolute atomic E-state index is 0.442. The third-order valence-electron chi connectivity index (χ3n) is 1.95. The van der Waals surface area contributed by atoms with Crippen LogP contribution in [0.4, 0.5) is 0 Å². The molecule has 1 nitrogen and oxygen atoms in total. The zero-order chi connectivity index (χ0) is 10.6. The summed E-state index contributed by atoms with van der Waals surface area (Å²) in [5.41, 5.74) is 0.521. The lowest BCUT2D eigenvalue weighted by Gasteiger charge is -2.17. The van der Waals surface area contributed by atoms with Crippen LogP contribution >= 0.6 is 0 Å². The molecule has 0 radical (unpaired) electrons. The molecule has 1 unspecified atom stereocenters. The first kappa shape index (κ1) is 11.0. The lowest BCUT2D eigenvalue weighted by atomic mass is 10.2. The maximum atomic E-state index is 9.74. The molecule has 0 saturated heterocycles. The summed E-state index contributed by atoms with van der Waals surface area (Å²) in [6.45, 7) is 6.33. The van der Waals surface area contributed by atoms with E-state index in [2.05, 4.69) is 31.5 Å². The SMILES string of the molecule is C[Si](C)(C)C(O)C#Cc1ccccc1.